The second-order valence-corrected chi connectivity index (χ2v) is 6.04. The lowest BCUT2D eigenvalue weighted by Gasteiger charge is -2.21. The first-order chi connectivity index (χ1) is 9.21. The van der Waals surface area contributed by atoms with Gasteiger partial charge in [0.05, 0.1) is 5.69 Å². The third kappa shape index (κ3) is 2.54. The summed E-state index contributed by atoms with van der Waals surface area (Å²) in [5, 5.41) is 0. The summed E-state index contributed by atoms with van der Waals surface area (Å²) in [4.78, 5) is 12.5. The Morgan fingerprint density at radius 2 is 1.75 bits per heavy atom. The first-order valence-corrected chi connectivity index (χ1v) is 6.79. The van der Waals surface area contributed by atoms with Crippen LogP contribution in [0.5, 0.6) is 0 Å². The molecule has 0 saturated heterocycles. The van der Waals surface area contributed by atoms with Gasteiger partial charge in [-0.2, -0.15) is 0 Å². The number of benzene rings is 1. The van der Waals surface area contributed by atoms with E-state index in [9.17, 15) is 4.79 Å². The number of nitrogens with two attached hydrogens (primary N) is 1. The molecule has 1 heterocycles. The van der Waals surface area contributed by atoms with Gasteiger partial charge in [0.25, 0.3) is 5.56 Å². The predicted octanol–water partition coefficient (Wildman–Crippen LogP) is 2.86. The van der Waals surface area contributed by atoms with Crippen LogP contribution in [0, 0.1) is 13.8 Å². The number of hydrogen-bond acceptors (Lipinski definition) is 2. The minimum Gasteiger partial charge on any atom is -0.322 e. The molecule has 0 aliphatic carbocycles. The van der Waals surface area contributed by atoms with Crippen molar-refractivity contribution in [3.63, 3.8) is 0 Å². The smallest absolute Gasteiger partial charge is 0.255 e. The minimum atomic E-state index is -0.630. The van der Waals surface area contributed by atoms with E-state index >= 15 is 0 Å². The molecule has 2 N–H and O–H groups in total. The summed E-state index contributed by atoms with van der Waals surface area (Å²) < 4.78 is 1.69. The molecule has 0 unspecified atom stereocenters. The van der Waals surface area contributed by atoms with Crippen molar-refractivity contribution < 1.29 is 0 Å². The van der Waals surface area contributed by atoms with Gasteiger partial charge in [0.1, 0.15) is 0 Å². The van der Waals surface area contributed by atoms with E-state index in [1.807, 2.05) is 26.0 Å². The Labute approximate surface area is 120 Å². The summed E-state index contributed by atoms with van der Waals surface area (Å²) >= 11 is 0. The van der Waals surface area contributed by atoms with Gasteiger partial charge in [-0.25, -0.2) is 0 Å². The van der Waals surface area contributed by atoms with E-state index in [-0.39, 0.29) is 5.56 Å². The SMILES string of the molecule is Cc1ccc(C)c(-c2ccc(C(C)(C)N)c(=O)n2C)c1. The van der Waals surface area contributed by atoms with E-state index in [4.69, 9.17) is 5.73 Å². The van der Waals surface area contributed by atoms with Crippen molar-refractivity contribution in [3.05, 3.63) is 57.4 Å². The van der Waals surface area contributed by atoms with E-state index < -0.39 is 5.54 Å². The second kappa shape index (κ2) is 4.91. The largest absolute Gasteiger partial charge is 0.322 e. The van der Waals surface area contributed by atoms with Crippen LogP contribution in [0.15, 0.2) is 35.1 Å². The molecule has 2 rings (SSSR count). The molecule has 0 amide bonds. The van der Waals surface area contributed by atoms with Crippen LogP contribution in [0.25, 0.3) is 11.3 Å². The van der Waals surface area contributed by atoms with Gasteiger partial charge < -0.3 is 10.3 Å². The summed E-state index contributed by atoms with van der Waals surface area (Å²) in [7, 11) is 1.80. The Kier molecular flexibility index (Phi) is 3.57. The molecule has 3 heteroatoms. The van der Waals surface area contributed by atoms with E-state index in [0.29, 0.717) is 5.56 Å². The van der Waals surface area contributed by atoms with Gasteiger partial charge in [-0.3, -0.25) is 4.79 Å². The number of aryl methyl sites for hydroxylation is 2. The molecule has 0 atom stereocenters. The maximum absolute atomic E-state index is 12.5. The highest BCUT2D eigenvalue weighted by atomic mass is 16.1. The Morgan fingerprint density at radius 3 is 2.35 bits per heavy atom. The Balaban J connectivity index is 2.70. The van der Waals surface area contributed by atoms with Crippen molar-refractivity contribution in [1.29, 1.82) is 0 Å². The summed E-state index contributed by atoms with van der Waals surface area (Å²) in [5.74, 6) is 0. The minimum absolute atomic E-state index is 0.0316. The van der Waals surface area contributed by atoms with Crippen molar-refractivity contribution >= 4 is 0 Å². The zero-order chi connectivity index (χ0) is 15.1. The van der Waals surface area contributed by atoms with Crippen LogP contribution in [-0.2, 0) is 12.6 Å². The monoisotopic (exact) mass is 270 g/mol. The molecule has 0 radical (unpaired) electrons. The summed E-state index contributed by atoms with van der Waals surface area (Å²) in [6.45, 7) is 7.81. The van der Waals surface area contributed by atoms with E-state index in [1.165, 1.54) is 5.56 Å². The molecule has 1 aromatic carbocycles. The molecule has 2 aromatic rings. The average molecular weight is 270 g/mol. The van der Waals surface area contributed by atoms with Gasteiger partial charge in [-0.05, 0) is 51.5 Å². The molecule has 0 aliphatic rings. The fraction of sp³-hybridized carbons (Fsp3) is 0.353. The fourth-order valence-electron chi connectivity index (χ4n) is 2.41. The van der Waals surface area contributed by atoms with Crippen LogP contribution in [0.3, 0.4) is 0 Å². The highest BCUT2D eigenvalue weighted by Gasteiger charge is 2.20. The van der Waals surface area contributed by atoms with Crippen LogP contribution in [-0.4, -0.2) is 4.57 Å². The molecule has 3 nitrogen and oxygen atoms in total. The number of rotatable bonds is 2. The first kappa shape index (κ1) is 14.5. The van der Waals surface area contributed by atoms with Crippen LogP contribution >= 0.6 is 0 Å². The molecule has 0 bridgehead atoms. The van der Waals surface area contributed by atoms with Gasteiger partial charge in [0, 0.05) is 23.7 Å². The lowest BCUT2D eigenvalue weighted by Crippen LogP contribution is -2.37. The van der Waals surface area contributed by atoms with Gasteiger partial charge in [0.2, 0.25) is 0 Å². The number of hydrogen-bond donors (Lipinski definition) is 1. The highest BCUT2D eigenvalue weighted by molar-refractivity contribution is 5.65. The molecule has 20 heavy (non-hydrogen) atoms. The summed E-state index contributed by atoms with van der Waals surface area (Å²) in [6.07, 6.45) is 0. The van der Waals surface area contributed by atoms with Gasteiger partial charge >= 0.3 is 0 Å². The van der Waals surface area contributed by atoms with Crippen molar-refractivity contribution in [2.24, 2.45) is 12.8 Å². The van der Waals surface area contributed by atoms with Crippen molar-refractivity contribution in [1.82, 2.24) is 4.57 Å². The number of aromatic nitrogens is 1. The van der Waals surface area contributed by atoms with Gasteiger partial charge in [0.15, 0.2) is 0 Å². The normalized spacial score (nSPS) is 11.7. The maximum atomic E-state index is 12.5. The predicted molar refractivity (Wildman–Crippen MR) is 83.8 cm³/mol. The molecule has 0 fully saturated rings. The maximum Gasteiger partial charge on any atom is 0.255 e. The number of pyridine rings is 1. The van der Waals surface area contributed by atoms with Crippen molar-refractivity contribution in [3.8, 4) is 11.3 Å². The van der Waals surface area contributed by atoms with Crippen LogP contribution in [0.1, 0.15) is 30.5 Å². The Hall–Kier alpha value is -1.87. The Morgan fingerprint density at radius 1 is 1.10 bits per heavy atom. The molecule has 0 spiro atoms. The first-order valence-electron chi connectivity index (χ1n) is 6.79. The molecular formula is C17H22N2O. The topological polar surface area (TPSA) is 48.0 Å². The Bertz CT molecular complexity index is 706. The fourth-order valence-corrected chi connectivity index (χ4v) is 2.41. The summed E-state index contributed by atoms with van der Waals surface area (Å²) in [5.41, 5.74) is 10.4. The molecule has 106 valence electrons. The van der Waals surface area contributed by atoms with E-state index in [1.54, 1.807) is 11.6 Å². The average Bonchev–Trinajstić information content (AvgIpc) is 2.34. The highest BCUT2D eigenvalue weighted by Crippen LogP contribution is 2.24. The van der Waals surface area contributed by atoms with Crippen molar-refractivity contribution in [2.45, 2.75) is 33.2 Å². The zero-order valence-electron chi connectivity index (χ0n) is 12.8. The zero-order valence-corrected chi connectivity index (χ0v) is 12.8. The number of nitrogens with zero attached hydrogens (tertiary/aromatic N) is 1. The van der Waals surface area contributed by atoms with E-state index in [2.05, 4.69) is 32.0 Å². The molecular weight excluding hydrogens is 248 g/mol. The lowest BCUT2D eigenvalue weighted by molar-refractivity contribution is 0.541. The van der Waals surface area contributed by atoms with Crippen LogP contribution in [0.2, 0.25) is 0 Å². The molecule has 0 saturated carbocycles. The molecule has 1 aromatic heterocycles. The lowest BCUT2D eigenvalue weighted by atomic mass is 9.95. The van der Waals surface area contributed by atoms with Crippen LogP contribution < -0.4 is 11.3 Å². The molecule has 0 aliphatic heterocycles. The summed E-state index contributed by atoms with van der Waals surface area (Å²) in [6, 6.07) is 10.1. The second-order valence-electron chi connectivity index (χ2n) is 6.04. The third-order valence-corrected chi connectivity index (χ3v) is 3.67. The van der Waals surface area contributed by atoms with E-state index in [0.717, 1.165) is 16.8 Å². The van der Waals surface area contributed by atoms with Gasteiger partial charge in [-0.15, -0.1) is 0 Å². The standard InChI is InChI=1S/C17H22N2O/c1-11-6-7-12(2)13(10-11)15-9-8-14(17(3,4)18)16(20)19(15)5/h6-10H,18H2,1-5H3. The van der Waals surface area contributed by atoms with Crippen LogP contribution in [0.4, 0.5) is 0 Å². The van der Waals surface area contributed by atoms with Gasteiger partial charge in [-0.1, -0.05) is 17.7 Å². The third-order valence-electron chi connectivity index (χ3n) is 3.67. The quantitative estimate of drug-likeness (QED) is 0.912. The van der Waals surface area contributed by atoms with Crippen molar-refractivity contribution in [2.75, 3.05) is 0 Å².